The predicted octanol–water partition coefficient (Wildman–Crippen LogP) is 2.88. The van der Waals surface area contributed by atoms with Gasteiger partial charge in [-0.05, 0) is 46.3 Å². The summed E-state index contributed by atoms with van der Waals surface area (Å²) in [6.07, 6.45) is 0. The van der Waals surface area contributed by atoms with Gasteiger partial charge in [0.15, 0.2) is 0 Å². The molecule has 0 spiro atoms. The van der Waals surface area contributed by atoms with Gasteiger partial charge < -0.3 is 4.74 Å². The van der Waals surface area contributed by atoms with Gasteiger partial charge in [-0.1, -0.05) is 30.0 Å². The molecule has 0 N–H and O–H groups in total. The van der Waals surface area contributed by atoms with Crippen molar-refractivity contribution in [3.63, 3.8) is 0 Å². The lowest BCUT2D eigenvalue weighted by Crippen LogP contribution is -2.03. The number of aromatic nitrogens is 4. The minimum atomic E-state index is -0.410. The Hall–Kier alpha value is -2.74. The third-order valence-corrected chi connectivity index (χ3v) is 4.26. The van der Waals surface area contributed by atoms with Crippen LogP contribution in [0.5, 0.6) is 0 Å². The average molecular weight is 344 g/mol. The second-order valence-corrected chi connectivity index (χ2v) is 5.73. The van der Waals surface area contributed by atoms with Crippen molar-refractivity contribution >= 4 is 17.7 Å². The molecule has 1 aromatic heterocycles. The Morgan fingerprint density at radius 2 is 1.96 bits per heavy atom. The molecule has 122 valence electrons. The molecule has 0 saturated heterocycles. The van der Waals surface area contributed by atoms with E-state index < -0.39 is 5.97 Å². The van der Waals surface area contributed by atoms with E-state index in [1.807, 2.05) is 0 Å². The molecule has 0 fully saturated rings. The standard InChI is InChI=1S/C16H13FN4O2S/c1-23-15(22)11-6-8-13(9-7-11)21-16(18-19-20-21)24-10-12-4-2-3-5-14(12)17/h2-9H,10H2,1H3. The molecule has 0 aliphatic carbocycles. The Morgan fingerprint density at radius 3 is 2.67 bits per heavy atom. The zero-order valence-corrected chi connectivity index (χ0v) is 13.5. The molecule has 0 amide bonds. The summed E-state index contributed by atoms with van der Waals surface area (Å²) in [7, 11) is 1.33. The topological polar surface area (TPSA) is 69.9 Å². The highest BCUT2D eigenvalue weighted by molar-refractivity contribution is 7.98. The van der Waals surface area contributed by atoms with Crippen LogP contribution < -0.4 is 0 Å². The number of hydrogen-bond donors (Lipinski definition) is 0. The first-order valence-electron chi connectivity index (χ1n) is 7.02. The van der Waals surface area contributed by atoms with Crippen molar-refractivity contribution in [3.05, 3.63) is 65.5 Å². The van der Waals surface area contributed by atoms with E-state index in [9.17, 15) is 9.18 Å². The molecule has 1 heterocycles. The summed E-state index contributed by atoms with van der Waals surface area (Å²) in [6, 6.07) is 13.3. The number of nitrogens with zero attached hydrogens (tertiary/aromatic N) is 4. The molecular weight excluding hydrogens is 331 g/mol. The number of esters is 1. The van der Waals surface area contributed by atoms with Gasteiger partial charge in [-0.2, -0.15) is 4.68 Å². The van der Waals surface area contributed by atoms with Gasteiger partial charge >= 0.3 is 5.97 Å². The lowest BCUT2D eigenvalue weighted by Gasteiger charge is -2.06. The summed E-state index contributed by atoms with van der Waals surface area (Å²) in [5.74, 6) is -0.258. The largest absolute Gasteiger partial charge is 0.465 e. The first-order valence-corrected chi connectivity index (χ1v) is 8.01. The number of benzene rings is 2. The maximum absolute atomic E-state index is 13.7. The van der Waals surface area contributed by atoms with E-state index in [-0.39, 0.29) is 5.82 Å². The van der Waals surface area contributed by atoms with Gasteiger partial charge in [0.2, 0.25) is 5.16 Å². The van der Waals surface area contributed by atoms with Crippen LogP contribution in [0.2, 0.25) is 0 Å². The number of rotatable bonds is 5. The molecule has 0 bridgehead atoms. The molecule has 0 radical (unpaired) electrons. The van der Waals surface area contributed by atoms with Gasteiger partial charge in [-0.25, -0.2) is 9.18 Å². The van der Waals surface area contributed by atoms with Crippen molar-refractivity contribution in [3.8, 4) is 5.69 Å². The number of carbonyl (C=O) groups is 1. The van der Waals surface area contributed by atoms with Crippen LogP contribution in [0.1, 0.15) is 15.9 Å². The number of ether oxygens (including phenoxy) is 1. The Bertz CT molecular complexity index is 851. The van der Waals surface area contributed by atoms with Crippen LogP contribution in [0.3, 0.4) is 0 Å². The quantitative estimate of drug-likeness (QED) is 0.524. The summed E-state index contributed by atoms with van der Waals surface area (Å²) in [5.41, 5.74) is 1.72. The van der Waals surface area contributed by atoms with Crippen LogP contribution in [0.15, 0.2) is 53.7 Å². The van der Waals surface area contributed by atoms with E-state index >= 15 is 0 Å². The second kappa shape index (κ2) is 7.22. The molecule has 0 unspecified atom stereocenters. The summed E-state index contributed by atoms with van der Waals surface area (Å²) in [5, 5.41) is 12.1. The predicted molar refractivity (Wildman–Crippen MR) is 86.5 cm³/mol. The van der Waals surface area contributed by atoms with Crippen molar-refractivity contribution in [1.29, 1.82) is 0 Å². The molecule has 8 heteroatoms. The third kappa shape index (κ3) is 3.43. The van der Waals surface area contributed by atoms with Gasteiger partial charge in [-0.3, -0.25) is 0 Å². The fourth-order valence-corrected chi connectivity index (χ4v) is 2.92. The third-order valence-electron chi connectivity index (χ3n) is 3.29. The van der Waals surface area contributed by atoms with Crippen molar-refractivity contribution in [2.24, 2.45) is 0 Å². The highest BCUT2D eigenvalue weighted by Crippen LogP contribution is 2.23. The maximum Gasteiger partial charge on any atom is 0.337 e. The second-order valence-electron chi connectivity index (χ2n) is 4.79. The van der Waals surface area contributed by atoms with Gasteiger partial charge in [0.1, 0.15) is 5.82 Å². The molecule has 2 aromatic carbocycles. The monoisotopic (exact) mass is 344 g/mol. The smallest absolute Gasteiger partial charge is 0.337 e. The van der Waals surface area contributed by atoms with Crippen LogP contribution in [0, 0.1) is 5.82 Å². The van der Waals surface area contributed by atoms with Gasteiger partial charge in [0, 0.05) is 5.75 Å². The van der Waals surface area contributed by atoms with Crippen LogP contribution in [0.4, 0.5) is 4.39 Å². The lowest BCUT2D eigenvalue weighted by atomic mass is 10.2. The fraction of sp³-hybridized carbons (Fsp3) is 0.125. The van der Waals surface area contributed by atoms with Crippen molar-refractivity contribution in [2.75, 3.05) is 7.11 Å². The molecule has 3 rings (SSSR count). The van der Waals surface area contributed by atoms with Crippen LogP contribution in [-0.2, 0) is 10.5 Å². The van der Waals surface area contributed by atoms with E-state index in [1.54, 1.807) is 42.5 Å². The van der Waals surface area contributed by atoms with E-state index in [0.717, 1.165) is 0 Å². The van der Waals surface area contributed by atoms with Crippen LogP contribution in [-0.4, -0.2) is 33.3 Å². The molecule has 3 aromatic rings. The summed E-state index contributed by atoms with van der Waals surface area (Å²) >= 11 is 1.33. The number of hydrogen-bond acceptors (Lipinski definition) is 6. The van der Waals surface area contributed by atoms with Crippen molar-refractivity contribution < 1.29 is 13.9 Å². The van der Waals surface area contributed by atoms with Crippen LogP contribution >= 0.6 is 11.8 Å². The van der Waals surface area contributed by atoms with E-state index in [4.69, 9.17) is 0 Å². The highest BCUT2D eigenvalue weighted by Gasteiger charge is 2.12. The van der Waals surface area contributed by atoms with Crippen molar-refractivity contribution in [2.45, 2.75) is 10.9 Å². The number of tetrazole rings is 1. The Morgan fingerprint density at radius 1 is 1.21 bits per heavy atom. The van der Waals surface area contributed by atoms with Crippen LogP contribution in [0.25, 0.3) is 5.69 Å². The number of halogens is 1. The first kappa shape index (κ1) is 16.1. The summed E-state index contributed by atoms with van der Waals surface area (Å²) in [6.45, 7) is 0. The van der Waals surface area contributed by atoms with Crippen molar-refractivity contribution in [1.82, 2.24) is 20.2 Å². The molecule has 6 nitrogen and oxygen atoms in total. The molecule has 24 heavy (non-hydrogen) atoms. The molecule has 0 aliphatic rings. The van der Waals surface area contributed by atoms with Gasteiger partial charge in [-0.15, -0.1) is 5.10 Å². The Balaban J connectivity index is 1.78. The number of methoxy groups -OCH3 is 1. The average Bonchev–Trinajstić information content (AvgIpc) is 3.09. The lowest BCUT2D eigenvalue weighted by molar-refractivity contribution is 0.0600. The minimum absolute atomic E-state index is 0.258. The first-order chi connectivity index (χ1) is 11.7. The molecule has 0 aliphatic heterocycles. The zero-order chi connectivity index (χ0) is 16.9. The van der Waals surface area contributed by atoms with E-state index in [0.29, 0.717) is 27.7 Å². The number of carbonyl (C=O) groups excluding carboxylic acids is 1. The highest BCUT2D eigenvalue weighted by atomic mass is 32.2. The molecule has 0 saturated carbocycles. The molecular formula is C16H13FN4O2S. The summed E-state index contributed by atoms with van der Waals surface area (Å²) in [4.78, 5) is 11.5. The SMILES string of the molecule is COC(=O)c1ccc(-n2nnnc2SCc2ccccc2F)cc1. The van der Waals surface area contributed by atoms with E-state index in [2.05, 4.69) is 20.3 Å². The minimum Gasteiger partial charge on any atom is -0.465 e. The summed E-state index contributed by atoms with van der Waals surface area (Å²) < 4.78 is 19.9. The Kier molecular flexibility index (Phi) is 4.85. The fourth-order valence-electron chi connectivity index (χ4n) is 2.05. The number of thioether (sulfide) groups is 1. The van der Waals surface area contributed by atoms with Gasteiger partial charge in [0.05, 0.1) is 18.4 Å². The van der Waals surface area contributed by atoms with Gasteiger partial charge in [0.25, 0.3) is 0 Å². The maximum atomic E-state index is 13.7. The zero-order valence-electron chi connectivity index (χ0n) is 12.7. The van der Waals surface area contributed by atoms with E-state index in [1.165, 1.54) is 29.6 Å². The normalized spacial score (nSPS) is 10.6. The molecule has 0 atom stereocenters. The Labute approximate surface area is 141 Å².